The molecule has 2 rings (SSSR count). The molecule has 0 fully saturated rings. The molecule has 21 heavy (non-hydrogen) atoms. The van der Waals surface area contributed by atoms with Crippen LogP contribution < -0.4 is 5.32 Å². The lowest BCUT2D eigenvalue weighted by atomic mass is 10.1. The van der Waals surface area contributed by atoms with Crippen LogP contribution in [0.5, 0.6) is 0 Å². The van der Waals surface area contributed by atoms with Gasteiger partial charge in [0.1, 0.15) is 5.76 Å². The van der Waals surface area contributed by atoms with Gasteiger partial charge in [-0.25, -0.2) is 0 Å². The molecular formula is C16H20N2O3. The normalized spacial score (nSPS) is 12.4. The number of nitrogens with one attached hydrogen (secondary N) is 1. The Morgan fingerprint density at radius 1 is 1.33 bits per heavy atom. The highest BCUT2D eigenvalue weighted by Crippen LogP contribution is 2.16. The van der Waals surface area contributed by atoms with E-state index >= 15 is 0 Å². The number of rotatable bonds is 6. The Morgan fingerprint density at radius 3 is 2.67 bits per heavy atom. The molecule has 0 aliphatic carbocycles. The molecule has 0 aliphatic heterocycles. The monoisotopic (exact) mass is 288 g/mol. The molecule has 1 unspecified atom stereocenters. The van der Waals surface area contributed by atoms with Crippen molar-refractivity contribution in [2.45, 2.75) is 32.3 Å². The zero-order chi connectivity index (χ0) is 15.2. The van der Waals surface area contributed by atoms with Crippen molar-refractivity contribution in [1.29, 1.82) is 0 Å². The van der Waals surface area contributed by atoms with Crippen molar-refractivity contribution in [1.82, 2.24) is 10.5 Å². The van der Waals surface area contributed by atoms with E-state index in [9.17, 15) is 9.90 Å². The minimum absolute atomic E-state index is 0.193. The van der Waals surface area contributed by atoms with Crippen LogP contribution in [0.2, 0.25) is 0 Å². The molecule has 0 radical (unpaired) electrons. The summed E-state index contributed by atoms with van der Waals surface area (Å²) in [4.78, 5) is 11.9. The summed E-state index contributed by atoms with van der Waals surface area (Å²) in [6.07, 6.45) is -0.139. The summed E-state index contributed by atoms with van der Waals surface area (Å²) in [7, 11) is 0. The third-order valence-corrected chi connectivity index (χ3v) is 3.22. The van der Waals surface area contributed by atoms with Crippen molar-refractivity contribution in [3.63, 3.8) is 0 Å². The van der Waals surface area contributed by atoms with Crippen LogP contribution in [0.1, 0.15) is 54.1 Å². The SMILES string of the molecule is CC(C)c1cc(C(=O)NCCC(O)c2ccccc2)no1. The molecule has 1 aromatic carbocycles. The van der Waals surface area contributed by atoms with E-state index in [0.29, 0.717) is 18.7 Å². The molecule has 2 N–H and O–H groups in total. The molecule has 1 atom stereocenters. The standard InChI is InChI=1S/C16H20N2O3/c1-11(2)15-10-13(18-21-15)16(20)17-9-8-14(19)12-6-4-3-5-7-12/h3-7,10-11,14,19H,8-9H2,1-2H3,(H,17,20). The topological polar surface area (TPSA) is 75.4 Å². The van der Waals surface area contributed by atoms with Crippen LogP contribution in [-0.2, 0) is 0 Å². The summed E-state index contributed by atoms with van der Waals surface area (Å²) >= 11 is 0. The fourth-order valence-corrected chi connectivity index (χ4v) is 1.92. The van der Waals surface area contributed by atoms with E-state index in [0.717, 1.165) is 5.56 Å². The molecule has 1 amide bonds. The van der Waals surface area contributed by atoms with Crippen molar-refractivity contribution in [3.8, 4) is 0 Å². The van der Waals surface area contributed by atoms with Crippen LogP contribution in [0.15, 0.2) is 40.9 Å². The summed E-state index contributed by atoms with van der Waals surface area (Å²) in [5.41, 5.74) is 1.11. The Kier molecular flexibility index (Phi) is 5.11. The van der Waals surface area contributed by atoms with E-state index in [1.165, 1.54) is 0 Å². The first-order valence-corrected chi connectivity index (χ1v) is 7.05. The van der Waals surface area contributed by atoms with Gasteiger partial charge in [0, 0.05) is 18.5 Å². The fraction of sp³-hybridized carbons (Fsp3) is 0.375. The minimum Gasteiger partial charge on any atom is -0.388 e. The number of hydrogen-bond acceptors (Lipinski definition) is 4. The Hall–Kier alpha value is -2.14. The highest BCUT2D eigenvalue weighted by Gasteiger charge is 2.14. The maximum absolute atomic E-state index is 11.9. The van der Waals surface area contributed by atoms with Crippen molar-refractivity contribution in [2.24, 2.45) is 0 Å². The van der Waals surface area contributed by atoms with Crippen molar-refractivity contribution in [3.05, 3.63) is 53.4 Å². The predicted octanol–water partition coefficient (Wildman–Crippen LogP) is 2.65. The van der Waals surface area contributed by atoms with E-state index in [-0.39, 0.29) is 17.5 Å². The minimum atomic E-state index is -0.588. The molecule has 2 aromatic rings. The lowest BCUT2D eigenvalue weighted by Gasteiger charge is -2.10. The Labute approximate surface area is 124 Å². The summed E-state index contributed by atoms with van der Waals surface area (Å²) in [6, 6.07) is 11.0. The maximum atomic E-state index is 11.9. The van der Waals surface area contributed by atoms with Gasteiger partial charge < -0.3 is 14.9 Å². The zero-order valence-electron chi connectivity index (χ0n) is 12.2. The number of aliphatic hydroxyl groups is 1. The van der Waals surface area contributed by atoms with Gasteiger partial charge in [-0.2, -0.15) is 0 Å². The smallest absolute Gasteiger partial charge is 0.273 e. The van der Waals surface area contributed by atoms with Gasteiger partial charge in [-0.1, -0.05) is 49.3 Å². The molecule has 0 saturated heterocycles. The van der Waals surface area contributed by atoms with Gasteiger partial charge in [-0.05, 0) is 12.0 Å². The number of amides is 1. The van der Waals surface area contributed by atoms with Crippen LogP contribution >= 0.6 is 0 Å². The second-order valence-corrected chi connectivity index (χ2v) is 5.24. The molecule has 1 aromatic heterocycles. The van der Waals surface area contributed by atoms with Crippen molar-refractivity contribution < 1.29 is 14.4 Å². The largest absolute Gasteiger partial charge is 0.388 e. The van der Waals surface area contributed by atoms with Crippen LogP contribution in [0.25, 0.3) is 0 Å². The molecule has 0 aliphatic rings. The highest BCUT2D eigenvalue weighted by atomic mass is 16.5. The van der Waals surface area contributed by atoms with Gasteiger partial charge in [0.2, 0.25) is 0 Å². The van der Waals surface area contributed by atoms with Gasteiger partial charge in [0.15, 0.2) is 5.69 Å². The molecule has 1 heterocycles. The summed E-state index contributed by atoms with van der Waals surface area (Å²) in [5, 5.41) is 16.5. The summed E-state index contributed by atoms with van der Waals surface area (Å²) < 4.78 is 5.08. The third-order valence-electron chi connectivity index (χ3n) is 3.22. The van der Waals surface area contributed by atoms with Crippen LogP contribution in [0.3, 0.4) is 0 Å². The Balaban J connectivity index is 1.81. The van der Waals surface area contributed by atoms with Crippen molar-refractivity contribution in [2.75, 3.05) is 6.54 Å². The number of hydrogen-bond donors (Lipinski definition) is 2. The lowest BCUT2D eigenvalue weighted by Crippen LogP contribution is -2.25. The number of nitrogens with zero attached hydrogens (tertiary/aromatic N) is 1. The molecule has 0 bridgehead atoms. The van der Waals surface area contributed by atoms with Gasteiger partial charge >= 0.3 is 0 Å². The predicted molar refractivity (Wildman–Crippen MR) is 78.9 cm³/mol. The van der Waals surface area contributed by atoms with Gasteiger partial charge in [0.05, 0.1) is 6.10 Å². The fourth-order valence-electron chi connectivity index (χ4n) is 1.92. The summed E-state index contributed by atoms with van der Waals surface area (Å²) in [5.74, 6) is 0.592. The Bertz CT molecular complexity index is 578. The first-order valence-electron chi connectivity index (χ1n) is 7.05. The number of carbonyl (C=O) groups excluding carboxylic acids is 1. The number of aromatic nitrogens is 1. The molecule has 5 heteroatoms. The van der Waals surface area contributed by atoms with Crippen LogP contribution in [0.4, 0.5) is 0 Å². The first kappa shape index (κ1) is 15.3. The van der Waals surface area contributed by atoms with Gasteiger partial charge in [-0.3, -0.25) is 4.79 Å². The van der Waals surface area contributed by atoms with E-state index in [2.05, 4.69) is 10.5 Å². The van der Waals surface area contributed by atoms with E-state index in [1.807, 2.05) is 44.2 Å². The van der Waals surface area contributed by atoms with Crippen molar-refractivity contribution >= 4 is 5.91 Å². The lowest BCUT2D eigenvalue weighted by molar-refractivity contribution is 0.0933. The third kappa shape index (κ3) is 4.16. The molecule has 112 valence electrons. The summed E-state index contributed by atoms with van der Waals surface area (Å²) in [6.45, 7) is 4.32. The second-order valence-electron chi connectivity index (χ2n) is 5.24. The quantitative estimate of drug-likeness (QED) is 0.857. The van der Waals surface area contributed by atoms with Crippen LogP contribution in [0, 0.1) is 0 Å². The zero-order valence-corrected chi connectivity index (χ0v) is 12.2. The number of benzene rings is 1. The van der Waals surface area contributed by atoms with Crippen LogP contribution in [-0.4, -0.2) is 22.7 Å². The molecule has 0 saturated carbocycles. The number of aliphatic hydroxyl groups excluding tert-OH is 1. The van der Waals surface area contributed by atoms with E-state index in [4.69, 9.17) is 4.52 Å². The average molecular weight is 288 g/mol. The van der Waals surface area contributed by atoms with Gasteiger partial charge in [-0.15, -0.1) is 0 Å². The van der Waals surface area contributed by atoms with Gasteiger partial charge in [0.25, 0.3) is 5.91 Å². The first-order chi connectivity index (χ1) is 10.1. The molecule has 5 nitrogen and oxygen atoms in total. The molecular weight excluding hydrogens is 268 g/mol. The maximum Gasteiger partial charge on any atom is 0.273 e. The second kappa shape index (κ2) is 7.04. The average Bonchev–Trinajstić information content (AvgIpc) is 2.98. The molecule has 0 spiro atoms. The Morgan fingerprint density at radius 2 is 2.05 bits per heavy atom. The van der Waals surface area contributed by atoms with E-state index in [1.54, 1.807) is 6.07 Å². The van der Waals surface area contributed by atoms with E-state index < -0.39 is 6.10 Å². The number of carbonyl (C=O) groups is 1. The highest BCUT2D eigenvalue weighted by molar-refractivity contribution is 5.92.